The lowest BCUT2D eigenvalue weighted by Gasteiger charge is -2.25. The Balaban J connectivity index is 2.09. The van der Waals surface area contributed by atoms with Crippen molar-refractivity contribution in [3.8, 4) is 0 Å². The van der Waals surface area contributed by atoms with Crippen LogP contribution in [0.2, 0.25) is 0 Å². The maximum atomic E-state index is 13.1. The van der Waals surface area contributed by atoms with E-state index < -0.39 is 0 Å². The largest absolute Gasteiger partial charge is 0.364 e. The van der Waals surface area contributed by atoms with Crippen molar-refractivity contribution in [3.63, 3.8) is 0 Å². The summed E-state index contributed by atoms with van der Waals surface area (Å²) in [5, 5.41) is 10.9. The molecule has 0 radical (unpaired) electrons. The first-order chi connectivity index (χ1) is 12.9. The van der Waals surface area contributed by atoms with Crippen LogP contribution in [0, 0.1) is 12.7 Å². The Bertz CT molecular complexity index is 1020. The molecule has 2 aromatic heterocycles. The molecular formula is C21H28FN5O. The van der Waals surface area contributed by atoms with E-state index in [1.54, 1.807) is 11.4 Å². The average molecular weight is 385 g/mol. The van der Waals surface area contributed by atoms with Crippen LogP contribution in [-0.2, 0) is 5.41 Å². The van der Waals surface area contributed by atoms with E-state index >= 15 is 0 Å². The molecule has 0 fully saturated rings. The number of anilines is 2. The molecule has 3 aromatic rings. The number of hydrogen-bond donors (Lipinski definition) is 3. The van der Waals surface area contributed by atoms with E-state index in [1.807, 2.05) is 0 Å². The molecule has 0 bridgehead atoms. The van der Waals surface area contributed by atoms with Gasteiger partial charge < -0.3 is 15.6 Å². The number of aromatic nitrogens is 3. The predicted octanol–water partition coefficient (Wildman–Crippen LogP) is 4.87. The minimum absolute atomic E-state index is 0.174. The van der Waals surface area contributed by atoms with Crippen LogP contribution in [0.4, 0.5) is 15.9 Å². The molecule has 3 N–H and O–H groups in total. The van der Waals surface area contributed by atoms with Gasteiger partial charge in [0.2, 0.25) is 0 Å². The number of halogens is 1. The summed E-state index contributed by atoms with van der Waals surface area (Å²) in [5.74, 6) is 0.209. The normalized spacial score (nSPS) is 12.4. The van der Waals surface area contributed by atoms with Crippen molar-refractivity contribution in [2.24, 2.45) is 0 Å². The summed E-state index contributed by atoms with van der Waals surface area (Å²) in [5.41, 5.74) is 2.87. The second kappa shape index (κ2) is 6.65. The monoisotopic (exact) mass is 385 g/mol. The molecule has 0 aliphatic rings. The van der Waals surface area contributed by atoms with E-state index in [-0.39, 0.29) is 22.7 Å². The molecule has 1 aromatic carbocycles. The number of fused-ring (bicyclic) bond motifs is 1. The molecule has 7 heteroatoms. The van der Waals surface area contributed by atoms with Gasteiger partial charge in [0.1, 0.15) is 22.8 Å². The molecule has 0 saturated carbocycles. The maximum Gasteiger partial charge on any atom is 0.261 e. The fourth-order valence-electron chi connectivity index (χ4n) is 3.10. The van der Waals surface area contributed by atoms with Crippen molar-refractivity contribution in [3.05, 3.63) is 47.0 Å². The highest BCUT2D eigenvalue weighted by molar-refractivity contribution is 6.09. The molecule has 0 saturated heterocycles. The van der Waals surface area contributed by atoms with E-state index in [0.717, 1.165) is 11.5 Å². The zero-order valence-corrected chi connectivity index (χ0v) is 17.5. The highest BCUT2D eigenvalue weighted by atomic mass is 19.1. The lowest BCUT2D eigenvalue weighted by Crippen LogP contribution is -2.29. The quantitative estimate of drug-likeness (QED) is 0.602. The molecular weight excluding hydrogens is 357 g/mol. The molecule has 0 spiro atoms. The van der Waals surface area contributed by atoms with Crippen LogP contribution in [-0.4, -0.2) is 26.0 Å². The third-order valence-electron chi connectivity index (χ3n) is 4.32. The minimum atomic E-state index is -0.348. The van der Waals surface area contributed by atoms with Crippen LogP contribution in [0.15, 0.2) is 24.3 Å². The molecule has 2 heterocycles. The number of H-pyrrole nitrogens is 1. The van der Waals surface area contributed by atoms with Crippen molar-refractivity contribution in [1.29, 1.82) is 0 Å². The lowest BCUT2D eigenvalue weighted by atomic mass is 9.91. The van der Waals surface area contributed by atoms with E-state index in [4.69, 9.17) is 0 Å². The standard InChI is InChI=1S/C21H28FN5O/c1-12-15(19(28)23-14-10-8-13(22)9-11-14)17-24-16(20(2,3)4)18(27(17)26-12)25-21(5,6)7/h8-11,24-25H,1-7H3,(H,23,28). The number of carbonyl (C=O) groups is 1. The SMILES string of the molecule is Cc1nn2c(NC(C)(C)C)c(C(C)(C)C)[nH]c2c1C(=O)Nc1ccc(F)cc1. The number of hydrogen-bond acceptors (Lipinski definition) is 3. The number of benzene rings is 1. The first-order valence-corrected chi connectivity index (χ1v) is 9.34. The fraction of sp³-hybridized carbons (Fsp3) is 0.429. The van der Waals surface area contributed by atoms with Gasteiger partial charge in [-0.1, -0.05) is 20.8 Å². The molecule has 0 aliphatic carbocycles. The Kier molecular flexibility index (Phi) is 4.73. The van der Waals surface area contributed by atoms with Gasteiger partial charge in [-0.3, -0.25) is 4.79 Å². The summed E-state index contributed by atoms with van der Waals surface area (Å²) in [7, 11) is 0. The first-order valence-electron chi connectivity index (χ1n) is 9.34. The Hall–Kier alpha value is -2.83. The van der Waals surface area contributed by atoms with Crippen LogP contribution in [0.1, 0.15) is 63.3 Å². The van der Waals surface area contributed by atoms with E-state index in [1.165, 1.54) is 24.3 Å². The van der Waals surface area contributed by atoms with Gasteiger partial charge in [-0.25, -0.2) is 4.39 Å². The van der Waals surface area contributed by atoms with Gasteiger partial charge in [0.05, 0.1) is 11.4 Å². The Labute approximate surface area is 164 Å². The highest BCUT2D eigenvalue weighted by Crippen LogP contribution is 2.33. The van der Waals surface area contributed by atoms with Crippen molar-refractivity contribution in [2.45, 2.75) is 59.4 Å². The van der Waals surface area contributed by atoms with Crippen LogP contribution in [0.3, 0.4) is 0 Å². The smallest absolute Gasteiger partial charge is 0.261 e. The van der Waals surface area contributed by atoms with E-state index in [0.29, 0.717) is 22.6 Å². The second-order valence-corrected chi connectivity index (χ2v) is 9.16. The topological polar surface area (TPSA) is 74.2 Å². The van der Waals surface area contributed by atoms with E-state index in [2.05, 4.69) is 62.3 Å². The first kappa shape index (κ1) is 19.9. The zero-order chi connectivity index (χ0) is 20.9. The van der Waals surface area contributed by atoms with Gasteiger partial charge >= 0.3 is 0 Å². The number of rotatable bonds is 3. The number of carbonyl (C=O) groups excluding carboxylic acids is 1. The number of aryl methyl sites for hydroxylation is 1. The third kappa shape index (κ3) is 3.88. The Morgan fingerprint density at radius 1 is 1.11 bits per heavy atom. The molecule has 3 rings (SSSR count). The molecule has 1 amide bonds. The molecule has 0 atom stereocenters. The third-order valence-corrected chi connectivity index (χ3v) is 4.32. The number of nitrogens with zero attached hydrogens (tertiary/aromatic N) is 2. The maximum absolute atomic E-state index is 13.1. The number of nitrogens with one attached hydrogen (secondary N) is 3. The number of imidazole rings is 1. The van der Waals surface area contributed by atoms with Crippen LogP contribution < -0.4 is 10.6 Å². The molecule has 150 valence electrons. The van der Waals surface area contributed by atoms with Crippen molar-refractivity contribution >= 4 is 23.1 Å². The van der Waals surface area contributed by atoms with Gasteiger partial charge in [-0.05, 0) is 52.0 Å². The van der Waals surface area contributed by atoms with Crippen molar-refractivity contribution in [2.75, 3.05) is 10.6 Å². The van der Waals surface area contributed by atoms with Crippen molar-refractivity contribution in [1.82, 2.24) is 14.6 Å². The number of aromatic amines is 1. The van der Waals surface area contributed by atoms with Gasteiger partial charge in [0.15, 0.2) is 0 Å². The average Bonchev–Trinajstić information content (AvgIpc) is 3.03. The Morgan fingerprint density at radius 3 is 2.25 bits per heavy atom. The van der Waals surface area contributed by atoms with Crippen LogP contribution in [0.25, 0.3) is 5.65 Å². The highest BCUT2D eigenvalue weighted by Gasteiger charge is 2.29. The van der Waals surface area contributed by atoms with Gasteiger partial charge in [-0.2, -0.15) is 9.61 Å². The van der Waals surface area contributed by atoms with Gasteiger partial charge in [0.25, 0.3) is 5.91 Å². The molecule has 6 nitrogen and oxygen atoms in total. The summed E-state index contributed by atoms with van der Waals surface area (Å²) in [6.45, 7) is 14.4. The van der Waals surface area contributed by atoms with E-state index in [9.17, 15) is 9.18 Å². The summed E-state index contributed by atoms with van der Waals surface area (Å²) < 4.78 is 14.9. The molecule has 0 unspecified atom stereocenters. The van der Waals surface area contributed by atoms with Crippen molar-refractivity contribution < 1.29 is 9.18 Å². The van der Waals surface area contributed by atoms with Gasteiger partial charge in [-0.15, -0.1) is 0 Å². The number of amides is 1. The molecule has 28 heavy (non-hydrogen) atoms. The summed E-state index contributed by atoms with van der Waals surface area (Å²) in [6.07, 6.45) is 0. The summed E-state index contributed by atoms with van der Waals surface area (Å²) >= 11 is 0. The summed E-state index contributed by atoms with van der Waals surface area (Å²) in [6, 6.07) is 5.69. The zero-order valence-electron chi connectivity index (χ0n) is 17.5. The summed E-state index contributed by atoms with van der Waals surface area (Å²) in [4.78, 5) is 16.4. The predicted molar refractivity (Wildman–Crippen MR) is 111 cm³/mol. The fourth-order valence-corrected chi connectivity index (χ4v) is 3.10. The Morgan fingerprint density at radius 2 is 1.71 bits per heavy atom. The minimum Gasteiger partial charge on any atom is -0.364 e. The van der Waals surface area contributed by atoms with Gasteiger partial charge in [0, 0.05) is 16.6 Å². The molecule has 0 aliphatic heterocycles. The van der Waals surface area contributed by atoms with Crippen LogP contribution in [0.5, 0.6) is 0 Å². The second-order valence-electron chi connectivity index (χ2n) is 9.16. The lowest BCUT2D eigenvalue weighted by molar-refractivity contribution is 0.102. The van der Waals surface area contributed by atoms with Crippen LogP contribution >= 0.6 is 0 Å².